The van der Waals surface area contributed by atoms with Crippen LogP contribution in [-0.4, -0.2) is 34.5 Å². The molecule has 0 spiro atoms. The number of carbonyl (C=O) groups excluding carboxylic acids is 1. The smallest absolute Gasteiger partial charge is 0.309 e. The van der Waals surface area contributed by atoms with Crippen LogP contribution in [0.5, 0.6) is 0 Å². The number of hydrogen-bond donors (Lipinski definition) is 1. The van der Waals surface area contributed by atoms with Crippen LogP contribution in [0, 0.1) is 5.92 Å². The average Bonchev–Trinajstić information content (AvgIpc) is 3.09. The molecule has 1 fully saturated rings. The van der Waals surface area contributed by atoms with E-state index in [0.717, 1.165) is 38.6 Å². The number of carboxylic acids is 1. The number of carboxylic acid groups (broad SMARTS) is 1. The van der Waals surface area contributed by atoms with Crippen LogP contribution < -0.4 is 0 Å². The van der Waals surface area contributed by atoms with Gasteiger partial charge in [0.05, 0.1) is 5.92 Å². The van der Waals surface area contributed by atoms with Crippen molar-refractivity contribution in [1.82, 2.24) is 4.90 Å². The van der Waals surface area contributed by atoms with E-state index in [1.165, 1.54) is 96.3 Å². The number of nitrogens with zero attached hydrogens (tertiary/aromatic N) is 1. The molecule has 0 aromatic heterocycles. The van der Waals surface area contributed by atoms with Crippen LogP contribution in [0.25, 0.3) is 0 Å². The predicted octanol–water partition coefficient (Wildman–Crippen LogP) is 8.13. The van der Waals surface area contributed by atoms with Gasteiger partial charge in [-0.1, -0.05) is 129 Å². The third-order valence-electron chi connectivity index (χ3n) is 7.25. The lowest BCUT2D eigenvalue weighted by atomic mass is 9.94. The second kappa shape index (κ2) is 19.4. The lowest BCUT2D eigenvalue weighted by Crippen LogP contribution is -2.38. The van der Waals surface area contributed by atoms with E-state index in [9.17, 15) is 14.7 Å². The van der Waals surface area contributed by atoms with E-state index in [4.69, 9.17) is 0 Å². The quantitative estimate of drug-likeness (QED) is 0.169. The lowest BCUT2D eigenvalue weighted by Gasteiger charge is -2.27. The van der Waals surface area contributed by atoms with Crippen molar-refractivity contribution in [3.63, 3.8) is 0 Å². The molecule has 0 bridgehead atoms. The van der Waals surface area contributed by atoms with E-state index < -0.39 is 11.9 Å². The first-order valence-corrected chi connectivity index (χ1v) is 14.1. The molecule has 1 aliphatic rings. The largest absolute Gasteiger partial charge is 0.481 e. The number of carbonyl (C=O) groups is 2. The molecule has 0 aromatic carbocycles. The fraction of sp³-hybridized carbons (Fsp3) is 0.929. The summed E-state index contributed by atoms with van der Waals surface area (Å²) in [5, 5.41) is 9.63. The summed E-state index contributed by atoms with van der Waals surface area (Å²) in [6.07, 6.45) is 25.3. The highest BCUT2D eigenvalue weighted by Crippen LogP contribution is 2.30. The highest BCUT2D eigenvalue weighted by atomic mass is 16.4. The van der Waals surface area contributed by atoms with Crippen LogP contribution in [-0.2, 0) is 9.59 Å². The summed E-state index contributed by atoms with van der Waals surface area (Å²) in [5.41, 5.74) is 0. The summed E-state index contributed by atoms with van der Waals surface area (Å²) < 4.78 is 0. The van der Waals surface area contributed by atoms with E-state index in [2.05, 4.69) is 13.8 Å². The summed E-state index contributed by atoms with van der Waals surface area (Å²) in [7, 11) is 0. The van der Waals surface area contributed by atoms with E-state index in [1.54, 1.807) is 0 Å². The van der Waals surface area contributed by atoms with Crippen molar-refractivity contribution in [1.29, 1.82) is 0 Å². The van der Waals surface area contributed by atoms with Crippen molar-refractivity contribution in [2.45, 2.75) is 155 Å². The van der Waals surface area contributed by atoms with Gasteiger partial charge in [-0.3, -0.25) is 9.59 Å². The van der Waals surface area contributed by atoms with Crippen molar-refractivity contribution in [3.05, 3.63) is 0 Å². The zero-order valence-corrected chi connectivity index (χ0v) is 21.4. The third kappa shape index (κ3) is 12.8. The number of amides is 1. The maximum atomic E-state index is 12.5. The van der Waals surface area contributed by atoms with Gasteiger partial charge < -0.3 is 10.0 Å². The highest BCUT2D eigenvalue weighted by Gasteiger charge is 2.42. The Hall–Kier alpha value is -1.06. The van der Waals surface area contributed by atoms with Gasteiger partial charge in [-0.05, 0) is 12.8 Å². The average molecular weight is 452 g/mol. The fourth-order valence-corrected chi connectivity index (χ4v) is 5.18. The molecule has 188 valence electrons. The first kappa shape index (κ1) is 29.0. The lowest BCUT2D eigenvalue weighted by molar-refractivity contribution is -0.142. The Morgan fingerprint density at radius 1 is 0.719 bits per heavy atom. The van der Waals surface area contributed by atoms with Gasteiger partial charge in [0.1, 0.15) is 0 Å². The van der Waals surface area contributed by atoms with Crippen LogP contribution in [0.4, 0.5) is 0 Å². The molecular weight excluding hydrogens is 398 g/mol. The van der Waals surface area contributed by atoms with Crippen LogP contribution >= 0.6 is 0 Å². The molecule has 4 heteroatoms. The summed E-state index contributed by atoms with van der Waals surface area (Å²) >= 11 is 0. The molecule has 32 heavy (non-hydrogen) atoms. The minimum absolute atomic E-state index is 0.0641. The molecule has 1 aliphatic heterocycles. The molecule has 1 amide bonds. The second-order valence-electron chi connectivity index (χ2n) is 10.1. The SMILES string of the molecule is CCCCCCCCCCCCN1C(=O)CC(C(=O)O)C1CCCCCCCCCCC. The van der Waals surface area contributed by atoms with E-state index in [0.29, 0.717) is 0 Å². The van der Waals surface area contributed by atoms with Gasteiger partial charge in [-0.2, -0.15) is 0 Å². The topological polar surface area (TPSA) is 57.6 Å². The number of aliphatic carboxylic acids is 1. The molecule has 1 rings (SSSR count). The Morgan fingerprint density at radius 3 is 1.56 bits per heavy atom. The standard InChI is InChI=1S/C28H53NO3/c1-3-5-7-9-11-13-15-17-19-21-23-29-26(25(28(31)32)24-27(29)30)22-20-18-16-14-12-10-8-6-4-2/h25-26H,3-24H2,1-2H3,(H,31,32). The molecule has 4 nitrogen and oxygen atoms in total. The van der Waals surface area contributed by atoms with Crippen molar-refractivity contribution in [3.8, 4) is 0 Å². The molecule has 0 radical (unpaired) electrons. The zero-order valence-electron chi connectivity index (χ0n) is 21.4. The maximum absolute atomic E-state index is 12.5. The van der Waals surface area contributed by atoms with Gasteiger partial charge in [-0.25, -0.2) is 0 Å². The van der Waals surface area contributed by atoms with Gasteiger partial charge in [0.25, 0.3) is 0 Å². The fourth-order valence-electron chi connectivity index (χ4n) is 5.18. The van der Waals surface area contributed by atoms with Crippen LogP contribution in [0.15, 0.2) is 0 Å². The summed E-state index contributed by atoms with van der Waals surface area (Å²) in [6, 6.07) is -0.0804. The summed E-state index contributed by atoms with van der Waals surface area (Å²) in [4.78, 5) is 26.2. The molecule has 0 aromatic rings. The van der Waals surface area contributed by atoms with Crippen LogP contribution in [0.2, 0.25) is 0 Å². The van der Waals surface area contributed by atoms with Crippen molar-refractivity contribution in [2.24, 2.45) is 5.92 Å². The van der Waals surface area contributed by atoms with E-state index >= 15 is 0 Å². The Bertz CT molecular complexity index is 479. The molecule has 1 heterocycles. The van der Waals surface area contributed by atoms with Crippen LogP contribution in [0.3, 0.4) is 0 Å². The third-order valence-corrected chi connectivity index (χ3v) is 7.25. The highest BCUT2D eigenvalue weighted by molar-refractivity contribution is 5.87. The zero-order chi connectivity index (χ0) is 23.4. The first-order valence-electron chi connectivity index (χ1n) is 14.1. The molecule has 0 aliphatic carbocycles. The number of hydrogen-bond acceptors (Lipinski definition) is 2. The molecular formula is C28H53NO3. The van der Waals surface area contributed by atoms with Gasteiger partial charge in [0.2, 0.25) is 5.91 Å². The monoisotopic (exact) mass is 451 g/mol. The van der Waals surface area contributed by atoms with Gasteiger partial charge in [0, 0.05) is 19.0 Å². The van der Waals surface area contributed by atoms with Gasteiger partial charge in [-0.15, -0.1) is 0 Å². The Balaban J connectivity index is 2.22. The molecule has 1 N–H and O–H groups in total. The molecule has 2 atom stereocenters. The second-order valence-corrected chi connectivity index (χ2v) is 10.1. The van der Waals surface area contributed by atoms with Crippen LogP contribution in [0.1, 0.15) is 149 Å². The van der Waals surface area contributed by atoms with E-state index in [-0.39, 0.29) is 18.4 Å². The van der Waals surface area contributed by atoms with Crippen molar-refractivity contribution in [2.75, 3.05) is 6.54 Å². The summed E-state index contributed by atoms with van der Waals surface area (Å²) in [5.74, 6) is -1.22. The normalized spacial score (nSPS) is 18.6. The molecule has 2 unspecified atom stereocenters. The molecule has 1 saturated heterocycles. The van der Waals surface area contributed by atoms with Gasteiger partial charge >= 0.3 is 5.97 Å². The van der Waals surface area contributed by atoms with Crippen molar-refractivity contribution < 1.29 is 14.7 Å². The maximum Gasteiger partial charge on any atom is 0.309 e. The first-order chi connectivity index (χ1) is 15.6. The predicted molar refractivity (Wildman–Crippen MR) is 135 cm³/mol. The van der Waals surface area contributed by atoms with Crippen molar-refractivity contribution >= 4 is 11.9 Å². The minimum Gasteiger partial charge on any atom is -0.481 e. The van der Waals surface area contributed by atoms with E-state index in [1.807, 2.05) is 4.90 Å². The van der Waals surface area contributed by atoms with Gasteiger partial charge in [0.15, 0.2) is 0 Å². The Kier molecular flexibility index (Phi) is 17.6. The Labute approximate surface area is 198 Å². The molecule has 0 saturated carbocycles. The number of rotatable bonds is 22. The summed E-state index contributed by atoms with van der Waals surface area (Å²) in [6.45, 7) is 5.25. The number of likely N-dealkylation sites (tertiary alicyclic amines) is 1. The Morgan fingerprint density at radius 2 is 1.12 bits per heavy atom. The number of unbranched alkanes of at least 4 members (excludes halogenated alkanes) is 17. The minimum atomic E-state index is -0.787.